The highest BCUT2D eigenvalue weighted by Gasteiger charge is 2.72. The van der Waals surface area contributed by atoms with Gasteiger partial charge in [-0.15, -0.1) is 0 Å². The SMILES string of the molecule is CC[C@@H](CO)N1C(=O)[C@@H]2[C@@H]3C(=O)OCC=C[C@@H]3O[C@@]23C=CCN(c2ccc(N(CC)CC)cc2)C(=O)C13. The fourth-order valence-corrected chi connectivity index (χ4v) is 6.38. The summed E-state index contributed by atoms with van der Waals surface area (Å²) >= 11 is 0. The zero-order valence-electron chi connectivity index (χ0n) is 21.6. The predicted octanol–water partition coefficient (Wildman–Crippen LogP) is 1.90. The number of ether oxygens (including phenoxy) is 2. The van der Waals surface area contributed by atoms with Crippen LogP contribution in [-0.2, 0) is 23.9 Å². The Morgan fingerprint density at radius 2 is 1.81 bits per heavy atom. The molecule has 2 saturated heterocycles. The Morgan fingerprint density at radius 3 is 2.46 bits per heavy atom. The molecule has 1 aromatic rings. The van der Waals surface area contributed by atoms with E-state index in [1.165, 1.54) is 4.90 Å². The van der Waals surface area contributed by atoms with Gasteiger partial charge in [0.25, 0.3) is 5.91 Å². The number of anilines is 2. The maximum absolute atomic E-state index is 14.3. The first kappa shape index (κ1) is 25.5. The van der Waals surface area contributed by atoms with Crippen molar-refractivity contribution in [2.24, 2.45) is 11.8 Å². The van der Waals surface area contributed by atoms with Gasteiger partial charge in [0.2, 0.25) is 5.91 Å². The van der Waals surface area contributed by atoms with Crippen LogP contribution in [0.2, 0.25) is 0 Å². The van der Waals surface area contributed by atoms with Crippen molar-refractivity contribution in [3.63, 3.8) is 0 Å². The summed E-state index contributed by atoms with van der Waals surface area (Å²) in [6, 6.07) is 6.22. The molecule has 198 valence electrons. The molecule has 4 aliphatic heterocycles. The molecule has 1 aromatic carbocycles. The fraction of sp³-hybridized carbons (Fsp3) is 0.536. The summed E-state index contributed by atoms with van der Waals surface area (Å²) in [7, 11) is 0. The number of aliphatic hydroxyl groups is 1. The van der Waals surface area contributed by atoms with E-state index < -0.39 is 41.6 Å². The predicted molar refractivity (Wildman–Crippen MR) is 138 cm³/mol. The van der Waals surface area contributed by atoms with Crippen molar-refractivity contribution < 1.29 is 29.0 Å². The Kier molecular flexibility index (Phi) is 6.85. The number of carbonyl (C=O) groups excluding carboxylic acids is 3. The van der Waals surface area contributed by atoms with Gasteiger partial charge in [-0.3, -0.25) is 14.4 Å². The van der Waals surface area contributed by atoms with Crippen LogP contribution in [0.3, 0.4) is 0 Å². The minimum Gasteiger partial charge on any atom is -0.461 e. The van der Waals surface area contributed by atoms with E-state index in [4.69, 9.17) is 9.47 Å². The highest BCUT2D eigenvalue weighted by Crippen LogP contribution is 2.54. The fourth-order valence-electron chi connectivity index (χ4n) is 6.38. The van der Waals surface area contributed by atoms with Crippen LogP contribution in [0.1, 0.15) is 27.2 Å². The lowest BCUT2D eigenvalue weighted by Crippen LogP contribution is -2.58. The molecule has 1 unspecified atom stereocenters. The summed E-state index contributed by atoms with van der Waals surface area (Å²) < 4.78 is 11.9. The third-order valence-electron chi connectivity index (χ3n) is 8.22. The number of esters is 1. The molecule has 37 heavy (non-hydrogen) atoms. The topological polar surface area (TPSA) is 99.6 Å². The van der Waals surface area contributed by atoms with E-state index in [1.807, 2.05) is 37.3 Å². The first-order chi connectivity index (χ1) is 17.9. The van der Waals surface area contributed by atoms with Crippen LogP contribution in [0, 0.1) is 11.8 Å². The number of fused-ring (bicyclic) bond motifs is 2. The molecule has 9 heteroatoms. The molecule has 1 spiro atoms. The lowest BCUT2D eigenvalue weighted by atomic mass is 9.78. The van der Waals surface area contributed by atoms with Gasteiger partial charge < -0.3 is 29.3 Å². The summed E-state index contributed by atoms with van der Waals surface area (Å²) in [5.41, 5.74) is 0.446. The molecule has 0 bridgehead atoms. The van der Waals surface area contributed by atoms with Gasteiger partial charge in [-0.2, -0.15) is 0 Å². The Balaban J connectivity index is 1.57. The third-order valence-corrected chi connectivity index (χ3v) is 8.22. The Labute approximate surface area is 217 Å². The van der Waals surface area contributed by atoms with Crippen LogP contribution < -0.4 is 9.80 Å². The number of likely N-dealkylation sites (tertiary alicyclic amines) is 1. The summed E-state index contributed by atoms with van der Waals surface area (Å²) in [6.45, 7) is 7.93. The highest BCUT2D eigenvalue weighted by atomic mass is 16.6. The first-order valence-electron chi connectivity index (χ1n) is 13.2. The number of amides is 2. The quantitative estimate of drug-likeness (QED) is 0.443. The minimum absolute atomic E-state index is 0.122. The zero-order valence-corrected chi connectivity index (χ0v) is 21.6. The lowest BCUT2D eigenvalue weighted by Gasteiger charge is -2.38. The van der Waals surface area contributed by atoms with Crippen LogP contribution in [0.4, 0.5) is 11.4 Å². The molecule has 0 saturated carbocycles. The van der Waals surface area contributed by atoms with Crippen molar-refractivity contribution in [3.05, 3.63) is 48.6 Å². The van der Waals surface area contributed by atoms with Crippen molar-refractivity contribution in [1.82, 2.24) is 4.90 Å². The second kappa shape index (κ2) is 9.95. The summed E-state index contributed by atoms with van der Waals surface area (Å²) in [5.74, 6) is -2.92. The van der Waals surface area contributed by atoms with Gasteiger partial charge in [0, 0.05) is 31.0 Å². The summed E-state index contributed by atoms with van der Waals surface area (Å²) in [6.07, 6.45) is 6.90. The molecule has 4 aliphatic rings. The van der Waals surface area contributed by atoms with E-state index in [0.29, 0.717) is 18.7 Å². The van der Waals surface area contributed by atoms with E-state index in [0.717, 1.165) is 18.8 Å². The smallest absolute Gasteiger partial charge is 0.313 e. The number of aliphatic hydroxyl groups excluding tert-OH is 1. The second-order valence-corrected chi connectivity index (χ2v) is 9.93. The molecule has 0 aliphatic carbocycles. The number of hydrogen-bond donors (Lipinski definition) is 1. The van der Waals surface area contributed by atoms with Gasteiger partial charge >= 0.3 is 5.97 Å². The van der Waals surface area contributed by atoms with E-state index in [2.05, 4.69) is 18.7 Å². The summed E-state index contributed by atoms with van der Waals surface area (Å²) in [4.78, 5) is 46.7. The Bertz CT molecular complexity index is 1110. The maximum atomic E-state index is 14.3. The minimum atomic E-state index is -1.33. The molecular formula is C28H35N3O6. The molecule has 6 atom stereocenters. The number of hydrogen-bond acceptors (Lipinski definition) is 7. The Hall–Kier alpha value is -3.17. The number of carbonyl (C=O) groups is 3. The van der Waals surface area contributed by atoms with Gasteiger partial charge in [-0.05, 0) is 50.6 Å². The van der Waals surface area contributed by atoms with E-state index in [-0.39, 0.29) is 25.0 Å². The average Bonchev–Trinajstić information content (AvgIpc) is 3.21. The summed E-state index contributed by atoms with van der Waals surface area (Å²) in [5, 5.41) is 10.2. The lowest BCUT2D eigenvalue weighted by molar-refractivity contribution is -0.153. The van der Waals surface area contributed by atoms with Crippen molar-refractivity contribution in [2.45, 2.75) is 51.0 Å². The molecule has 0 aromatic heterocycles. The molecule has 2 fully saturated rings. The molecule has 9 nitrogen and oxygen atoms in total. The number of nitrogens with zero attached hydrogens (tertiary/aromatic N) is 3. The highest BCUT2D eigenvalue weighted by molar-refractivity contribution is 6.05. The van der Waals surface area contributed by atoms with Gasteiger partial charge in [0.05, 0.1) is 24.7 Å². The van der Waals surface area contributed by atoms with Crippen molar-refractivity contribution in [2.75, 3.05) is 42.6 Å². The number of rotatable bonds is 7. The van der Waals surface area contributed by atoms with Crippen LogP contribution >= 0.6 is 0 Å². The first-order valence-corrected chi connectivity index (χ1v) is 13.2. The standard InChI is InChI=1S/C28H35N3O6/c1-4-18(17-32)31-24-26(34)30(20-12-10-19(11-13-20)29(5-2)6-3)15-8-14-28(24)23(25(31)33)22-21(37-28)9-7-16-36-27(22)35/h7-14,18,21-24,32H,4-6,15-17H2,1-3H3/t18-,21-,22+,23-,24?,28-/m0/s1. The van der Waals surface area contributed by atoms with E-state index in [9.17, 15) is 19.5 Å². The Morgan fingerprint density at radius 1 is 1.08 bits per heavy atom. The van der Waals surface area contributed by atoms with Gasteiger partial charge in [-0.1, -0.05) is 25.2 Å². The van der Waals surface area contributed by atoms with Crippen molar-refractivity contribution in [1.29, 1.82) is 0 Å². The van der Waals surface area contributed by atoms with E-state index >= 15 is 0 Å². The molecular weight excluding hydrogens is 474 g/mol. The average molecular weight is 510 g/mol. The largest absolute Gasteiger partial charge is 0.461 e. The normalized spacial score (nSPS) is 31.4. The van der Waals surface area contributed by atoms with Crippen molar-refractivity contribution >= 4 is 29.2 Å². The molecule has 2 amide bonds. The third kappa shape index (κ3) is 3.87. The maximum Gasteiger partial charge on any atom is 0.313 e. The zero-order chi connectivity index (χ0) is 26.3. The number of cyclic esters (lactones) is 1. The van der Waals surface area contributed by atoms with Crippen LogP contribution in [0.5, 0.6) is 0 Å². The molecule has 0 radical (unpaired) electrons. The van der Waals surface area contributed by atoms with Crippen LogP contribution in [-0.4, -0.2) is 84.4 Å². The van der Waals surface area contributed by atoms with Gasteiger partial charge in [0.1, 0.15) is 24.2 Å². The second-order valence-electron chi connectivity index (χ2n) is 9.93. The van der Waals surface area contributed by atoms with Gasteiger partial charge in [0.15, 0.2) is 0 Å². The molecule has 1 N–H and O–H groups in total. The van der Waals surface area contributed by atoms with Crippen LogP contribution in [0.25, 0.3) is 0 Å². The molecule has 5 rings (SSSR count). The monoisotopic (exact) mass is 509 g/mol. The van der Waals surface area contributed by atoms with Gasteiger partial charge in [-0.25, -0.2) is 0 Å². The van der Waals surface area contributed by atoms with E-state index in [1.54, 1.807) is 23.1 Å². The van der Waals surface area contributed by atoms with Crippen molar-refractivity contribution in [3.8, 4) is 0 Å². The number of benzene rings is 1. The van der Waals surface area contributed by atoms with Crippen LogP contribution in [0.15, 0.2) is 48.6 Å². The molecule has 4 heterocycles.